The number of carbonyl (C=O) groups is 3. The lowest BCUT2D eigenvalue weighted by atomic mass is 9.40. The molecule has 8 atom stereocenters. The first-order valence-corrected chi connectivity index (χ1v) is 14.8. The van der Waals surface area contributed by atoms with E-state index in [9.17, 15) is 14.4 Å². The second-order valence-electron chi connectivity index (χ2n) is 13.2. The van der Waals surface area contributed by atoms with Crippen LogP contribution in [0, 0.1) is 34.0 Å². The summed E-state index contributed by atoms with van der Waals surface area (Å²) in [7, 11) is 0. The summed E-state index contributed by atoms with van der Waals surface area (Å²) >= 11 is 0. The van der Waals surface area contributed by atoms with Crippen LogP contribution in [0.1, 0.15) is 86.7 Å². The summed E-state index contributed by atoms with van der Waals surface area (Å²) in [5.41, 5.74) is 0.424. The fourth-order valence-corrected chi connectivity index (χ4v) is 9.25. The third-order valence-corrected chi connectivity index (χ3v) is 11.0. The molecule has 10 heteroatoms. The summed E-state index contributed by atoms with van der Waals surface area (Å²) in [5, 5.41) is 0. The van der Waals surface area contributed by atoms with E-state index in [1.165, 1.54) is 49.7 Å². The minimum atomic E-state index is -0.734. The van der Waals surface area contributed by atoms with Crippen LogP contribution in [0.3, 0.4) is 0 Å². The van der Waals surface area contributed by atoms with Gasteiger partial charge in [-0.1, -0.05) is 26.0 Å². The molecule has 4 aliphatic carbocycles. The highest BCUT2D eigenvalue weighted by atomic mass is 16.6. The number of nitrogens with zero attached hydrogens (tertiary/aromatic N) is 4. The molecule has 0 aliphatic heterocycles. The van der Waals surface area contributed by atoms with Gasteiger partial charge < -0.3 is 14.2 Å². The van der Waals surface area contributed by atoms with E-state index >= 15 is 0 Å². The molecule has 0 N–H and O–H groups in total. The molecule has 0 radical (unpaired) electrons. The fourth-order valence-electron chi connectivity index (χ4n) is 9.25. The minimum absolute atomic E-state index is 0.0709. The van der Waals surface area contributed by atoms with Gasteiger partial charge in [-0.3, -0.25) is 14.8 Å². The van der Waals surface area contributed by atoms with Gasteiger partial charge in [-0.2, -0.15) is 0 Å². The zero-order valence-electron chi connectivity index (χ0n) is 24.5. The molecule has 1 unspecified atom stereocenters. The van der Waals surface area contributed by atoms with Crippen molar-refractivity contribution < 1.29 is 28.6 Å². The van der Waals surface area contributed by atoms with E-state index in [4.69, 9.17) is 14.2 Å². The molecule has 4 aliphatic rings. The number of esters is 3. The summed E-state index contributed by atoms with van der Waals surface area (Å²) in [6.45, 7) is 10.3. The van der Waals surface area contributed by atoms with Crippen LogP contribution in [0.2, 0.25) is 0 Å². The highest BCUT2D eigenvalue weighted by molar-refractivity contribution is 5.87. The number of ether oxygens (including phenoxy) is 3. The zero-order valence-corrected chi connectivity index (χ0v) is 24.5. The Bertz CT molecular complexity index is 1390. The van der Waals surface area contributed by atoms with E-state index in [2.05, 4.69) is 33.4 Å². The van der Waals surface area contributed by atoms with Crippen LogP contribution in [-0.4, -0.2) is 56.7 Å². The maximum Gasteiger partial charge on any atom is 0.358 e. The molecule has 222 valence electrons. The van der Waals surface area contributed by atoms with Gasteiger partial charge in [0.2, 0.25) is 0 Å². The molecule has 0 saturated heterocycles. The fraction of sp³-hybridized carbons (Fsp3) is 0.594. The summed E-state index contributed by atoms with van der Waals surface area (Å²) in [6, 6.07) is 0. The molecule has 2 bridgehead atoms. The number of hydrogen-bond acceptors (Lipinski definition) is 10. The van der Waals surface area contributed by atoms with Crippen LogP contribution >= 0.6 is 0 Å². The maximum absolute atomic E-state index is 13.4. The van der Waals surface area contributed by atoms with Crippen LogP contribution in [0.25, 0.3) is 0 Å². The first kappa shape index (κ1) is 28.4. The average Bonchev–Trinajstić information content (AvgIpc) is 3.24. The number of hydrogen-bond donors (Lipinski definition) is 0. The molecule has 2 aromatic heterocycles. The van der Waals surface area contributed by atoms with Gasteiger partial charge in [-0.15, -0.1) is 0 Å². The normalized spacial score (nSPS) is 36.7. The van der Waals surface area contributed by atoms with Gasteiger partial charge in [-0.05, 0) is 68.1 Å². The first-order chi connectivity index (χ1) is 20.1. The van der Waals surface area contributed by atoms with Crippen LogP contribution < -0.4 is 0 Å². The van der Waals surface area contributed by atoms with Crippen molar-refractivity contribution in [3.63, 3.8) is 0 Å². The number of aromatic nitrogens is 4. The van der Waals surface area contributed by atoms with Gasteiger partial charge in [0.05, 0.1) is 12.4 Å². The Morgan fingerprint density at radius 1 is 0.905 bits per heavy atom. The van der Waals surface area contributed by atoms with Gasteiger partial charge in [0.1, 0.15) is 18.8 Å². The largest absolute Gasteiger partial charge is 0.465 e. The molecule has 2 heterocycles. The van der Waals surface area contributed by atoms with Gasteiger partial charge >= 0.3 is 17.9 Å². The van der Waals surface area contributed by atoms with Crippen molar-refractivity contribution in [2.24, 2.45) is 34.0 Å². The highest BCUT2D eigenvalue weighted by Gasteiger charge is 2.70. The van der Waals surface area contributed by atoms with Gasteiger partial charge in [0.15, 0.2) is 11.4 Å². The van der Waals surface area contributed by atoms with E-state index in [1.807, 2.05) is 6.92 Å². The first-order valence-electron chi connectivity index (χ1n) is 14.8. The predicted molar refractivity (Wildman–Crippen MR) is 150 cm³/mol. The average molecular weight is 575 g/mol. The van der Waals surface area contributed by atoms with Crippen molar-refractivity contribution >= 4 is 17.9 Å². The summed E-state index contributed by atoms with van der Waals surface area (Å²) in [4.78, 5) is 55.1. The lowest BCUT2D eigenvalue weighted by Crippen LogP contribution is -2.66. The van der Waals surface area contributed by atoms with Crippen molar-refractivity contribution in [1.29, 1.82) is 0 Å². The predicted octanol–water partition coefficient (Wildman–Crippen LogP) is 4.77. The molecule has 2 aromatic rings. The molecule has 1 spiro atoms. The van der Waals surface area contributed by atoms with E-state index in [-0.39, 0.29) is 40.7 Å². The van der Waals surface area contributed by atoms with Crippen molar-refractivity contribution in [2.75, 3.05) is 6.61 Å². The SMILES string of the molecule is C=C1C[C@]23C[C@@H]1CC[C@H]2[C@]1(C)CC[C@@H](OC(=O)c2cnccn2)[C@](C)(COC(C)=O)C1C[C@@H]3OC(=O)c1cnccn1. The van der Waals surface area contributed by atoms with Crippen LogP contribution in [-0.2, 0) is 19.0 Å². The van der Waals surface area contributed by atoms with Gasteiger partial charge in [-0.25, -0.2) is 19.6 Å². The smallest absolute Gasteiger partial charge is 0.358 e. The van der Waals surface area contributed by atoms with Crippen LogP contribution in [0.4, 0.5) is 0 Å². The Morgan fingerprint density at radius 3 is 2.14 bits per heavy atom. The number of allylic oxidation sites excluding steroid dienone is 1. The Kier molecular flexibility index (Phi) is 7.14. The summed E-state index contributed by atoms with van der Waals surface area (Å²) in [6.07, 6.45) is 13.7. The monoisotopic (exact) mass is 574 g/mol. The van der Waals surface area contributed by atoms with Crippen LogP contribution in [0.15, 0.2) is 49.3 Å². The van der Waals surface area contributed by atoms with Crippen molar-refractivity contribution in [1.82, 2.24) is 19.9 Å². The van der Waals surface area contributed by atoms with Crippen LogP contribution in [0.5, 0.6) is 0 Å². The Morgan fingerprint density at radius 2 is 1.55 bits per heavy atom. The third-order valence-electron chi connectivity index (χ3n) is 11.0. The molecule has 0 amide bonds. The summed E-state index contributed by atoms with van der Waals surface area (Å²) in [5.74, 6) is -0.835. The molecular weight excluding hydrogens is 536 g/mol. The third kappa shape index (κ3) is 4.59. The van der Waals surface area contributed by atoms with Crippen molar-refractivity contribution in [3.05, 3.63) is 60.7 Å². The Hall–Kier alpha value is -3.69. The lowest BCUT2D eigenvalue weighted by molar-refractivity contribution is -0.232. The van der Waals surface area contributed by atoms with E-state index < -0.39 is 35.5 Å². The Labute approximate surface area is 245 Å². The standard InChI is InChI=1S/C32H38N4O6/c1-19-14-32-15-21(19)5-6-24(32)30(3)8-7-26(41-28(38)22-16-33-9-11-35-22)31(4,18-40-20(2)37)25(30)13-27(32)42-29(39)23-17-34-10-12-36-23/h9-12,16-17,21,24-27H,1,5-8,13-15,18H2,2-4H3/t21-,24-,25?,26+,27-,30-,31+,32-/m0/s1. The second kappa shape index (κ2) is 10.5. The summed E-state index contributed by atoms with van der Waals surface area (Å²) < 4.78 is 18.2. The highest BCUT2D eigenvalue weighted by Crippen LogP contribution is 2.72. The molecule has 4 saturated carbocycles. The van der Waals surface area contributed by atoms with Crippen molar-refractivity contribution in [2.45, 2.75) is 77.9 Å². The number of fused-ring (bicyclic) bond motifs is 3. The minimum Gasteiger partial charge on any atom is -0.465 e. The topological polar surface area (TPSA) is 130 Å². The molecule has 10 nitrogen and oxygen atoms in total. The number of carbonyl (C=O) groups excluding carboxylic acids is 3. The number of rotatable bonds is 6. The Balaban J connectivity index is 1.38. The van der Waals surface area contributed by atoms with Crippen molar-refractivity contribution in [3.8, 4) is 0 Å². The lowest BCUT2D eigenvalue weighted by Gasteiger charge is -2.66. The van der Waals surface area contributed by atoms with Gasteiger partial charge in [0.25, 0.3) is 0 Å². The molecule has 4 fully saturated rings. The maximum atomic E-state index is 13.4. The van der Waals surface area contributed by atoms with E-state index in [0.29, 0.717) is 18.8 Å². The van der Waals surface area contributed by atoms with E-state index in [0.717, 1.165) is 32.1 Å². The zero-order chi connectivity index (χ0) is 29.7. The molecule has 42 heavy (non-hydrogen) atoms. The molecular formula is C32H38N4O6. The quantitative estimate of drug-likeness (QED) is 0.270. The second-order valence-corrected chi connectivity index (χ2v) is 13.2. The van der Waals surface area contributed by atoms with E-state index in [1.54, 1.807) is 0 Å². The van der Waals surface area contributed by atoms with Gasteiger partial charge in [0, 0.05) is 42.5 Å². The molecule has 0 aromatic carbocycles. The molecule has 6 rings (SSSR count).